The van der Waals surface area contributed by atoms with E-state index in [9.17, 15) is 0 Å². The van der Waals surface area contributed by atoms with Gasteiger partial charge in [-0.2, -0.15) is 0 Å². The molecule has 0 N–H and O–H groups in total. The quantitative estimate of drug-likeness (QED) is 0.252. The van der Waals surface area contributed by atoms with E-state index in [0.717, 1.165) is 5.02 Å². The highest BCUT2D eigenvalue weighted by Gasteiger charge is 2.30. The minimum absolute atomic E-state index is 0.762. The molecule has 2 aliphatic carbocycles. The van der Waals surface area contributed by atoms with Gasteiger partial charge in [-0.1, -0.05) is 96.5 Å². The van der Waals surface area contributed by atoms with E-state index in [1.54, 1.807) is 0 Å². The molecule has 0 saturated carbocycles. The van der Waals surface area contributed by atoms with Crippen molar-refractivity contribution in [2.45, 2.75) is 0 Å². The minimum atomic E-state index is 0.762. The van der Waals surface area contributed by atoms with Crippen molar-refractivity contribution in [1.29, 1.82) is 0 Å². The molecule has 7 rings (SSSR count). The van der Waals surface area contributed by atoms with Crippen LogP contribution in [0.4, 0.5) is 0 Å². The molecule has 0 saturated heterocycles. The van der Waals surface area contributed by atoms with Gasteiger partial charge in [-0.3, -0.25) is 0 Å². The smallest absolute Gasteiger partial charge is 0.0406 e. The van der Waals surface area contributed by atoms with Gasteiger partial charge in [0, 0.05) is 5.02 Å². The fraction of sp³-hybridized carbons (Fsp3) is 0. The zero-order chi connectivity index (χ0) is 20.5. The molecule has 0 nitrogen and oxygen atoms in total. The topological polar surface area (TPSA) is 0 Å². The Morgan fingerprint density at radius 3 is 1.52 bits per heavy atom. The van der Waals surface area contributed by atoms with Gasteiger partial charge in [0.15, 0.2) is 0 Å². The van der Waals surface area contributed by atoms with Crippen molar-refractivity contribution >= 4 is 11.6 Å². The summed E-state index contributed by atoms with van der Waals surface area (Å²) >= 11 is 6.14. The summed E-state index contributed by atoms with van der Waals surface area (Å²) in [5.74, 6) is 0. The predicted molar refractivity (Wildman–Crippen MR) is 131 cm³/mol. The summed E-state index contributed by atoms with van der Waals surface area (Å²) < 4.78 is 0. The van der Waals surface area contributed by atoms with Gasteiger partial charge in [0.05, 0.1) is 0 Å². The highest BCUT2D eigenvalue weighted by molar-refractivity contribution is 6.30. The lowest BCUT2D eigenvalue weighted by Crippen LogP contribution is -1.94. The number of rotatable bonds is 1. The molecular weight excluding hydrogens is 396 g/mol. The molecule has 144 valence electrons. The lowest BCUT2D eigenvalue weighted by atomic mass is 9.83. The van der Waals surface area contributed by atoms with Crippen LogP contribution in [0.3, 0.4) is 0 Å². The summed E-state index contributed by atoms with van der Waals surface area (Å²) in [7, 11) is 0. The van der Waals surface area contributed by atoms with Crippen LogP contribution in [0.2, 0.25) is 5.02 Å². The monoisotopic (exact) mass is 412 g/mol. The number of hydrogen-bond donors (Lipinski definition) is 0. The third-order valence-electron chi connectivity index (χ3n) is 6.66. The van der Waals surface area contributed by atoms with E-state index >= 15 is 0 Å². The second-order valence-corrected chi connectivity index (χ2v) is 8.71. The van der Waals surface area contributed by atoms with Gasteiger partial charge in [0.2, 0.25) is 0 Å². The van der Waals surface area contributed by atoms with Crippen LogP contribution >= 0.6 is 11.6 Å². The first-order valence-corrected chi connectivity index (χ1v) is 10.9. The van der Waals surface area contributed by atoms with E-state index < -0.39 is 0 Å². The van der Waals surface area contributed by atoms with Crippen LogP contribution in [0.5, 0.6) is 0 Å². The standard InChI is InChI=1S/C30H17Cl/c31-20-14-11-18(12-15-20)19-13-16-22-25-8-4-9-26-27-10-3-7-24(30(27)28(22)17-19)21-5-1-2-6-23(21)29(25)26/h1-17H. The van der Waals surface area contributed by atoms with Crippen LogP contribution in [0.15, 0.2) is 103 Å². The van der Waals surface area contributed by atoms with Gasteiger partial charge in [0.1, 0.15) is 0 Å². The fourth-order valence-electron chi connectivity index (χ4n) is 5.33. The first-order valence-electron chi connectivity index (χ1n) is 10.6. The van der Waals surface area contributed by atoms with Crippen LogP contribution in [-0.2, 0) is 0 Å². The molecule has 0 amide bonds. The average Bonchev–Trinajstić information content (AvgIpc) is 2.93. The normalized spacial score (nSPS) is 12.0. The summed E-state index contributed by atoms with van der Waals surface area (Å²) in [4.78, 5) is 0. The van der Waals surface area contributed by atoms with E-state index in [-0.39, 0.29) is 0 Å². The maximum atomic E-state index is 6.14. The molecule has 0 spiro atoms. The van der Waals surface area contributed by atoms with Gasteiger partial charge in [-0.05, 0) is 85.0 Å². The van der Waals surface area contributed by atoms with Crippen molar-refractivity contribution in [3.8, 4) is 66.8 Å². The SMILES string of the molecule is Clc1ccc(-c2ccc3c(c2)-c2c4cccc2-c2cccc-3c2-c2ccccc2-4)cc1. The lowest BCUT2D eigenvalue weighted by molar-refractivity contribution is 1.56. The largest absolute Gasteiger partial charge is 0.0843 e. The van der Waals surface area contributed by atoms with E-state index in [0.29, 0.717) is 0 Å². The second kappa shape index (κ2) is 6.20. The van der Waals surface area contributed by atoms with Gasteiger partial charge in [0.25, 0.3) is 0 Å². The van der Waals surface area contributed by atoms with Crippen LogP contribution < -0.4 is 0 Å². The van der Waals surface area contributed by atoms with Crippen molar-refractivity contribution in [3.63, 3.8) is 0 Å². The predicted octanol–water partition coefficient (Wildman–Crippen LogP) is 8.97. The molecule has 31 heavy (non-hydrogen) atoms. The van der Waals surface area contributed by atoms with Crippen LogP contribution in [0.25, 0.3) is 66.8 Å². The highest BCUT2D eigenvalue weighted by Crippen LogP contribution is 2.57. The van der Waals surface area contributed by atoms with Crippen LogP contribution in [0.1, 0.15) is 0 Å². The summed E-state index contributed by atoms with van der Waals surface area (Å²) in [6, 6.07) is 37.3. The number of benzene rings is 5. The molecule has 2 aliphatic rings. The molecule has 0 atom stereocenters. The maximum Gasteiger partial charge on any atom is 0.0406 e. The van der Waals surface area contributed by atoms with Crippen molar-refractivity contribution in [2.75, 3.05) is 0 Å². The van der Waals surface area contributed by atoms with Crippen molar-refractivity contribution in [1.82, 2.24) is 0 Å². The Balaban J connectivity index is 1.64. The molecule has 1 heteroatoms. The summed E-state index contributed by atoms with van der Waals surface area (Å²) in [6.45, 7) is 0. The summed E-state index contributed by atoms with van der Waals surface area (Å²) in [5, 5.41) is 0.762. The zero-order valence-electron chi connectivity index (χ0n) is 16.7. The Morgan fingerprint density at radius 2 is 0.839 bits per heavy atom. The lowest BCUT2D eigenvalue weighted by Gasteiger charge is -2.20. The molecule has 0 unspecified atom stereocenters. The van der Waals surface area contributed by atoms with E-state index in [1.165, 1.54) is 66.8 Å². The highest BCUT2D eigenvalue weighted by atomic mass is 35.5. The fourth-order valence-corrected chi connectivity index (χ4v) is 5.45. The molecule has 0 aliphatic heterocycles. The molecule has 0 radical (unpaired) electrons. The zero-order valence-corrected chi connectivity index (χ0v) is 17.4. The number of halogens is 1. The molecule has 0 fully saturated rings. The van der Waals surface area contributed by atoms with Gasteiger partial charge < -0.3 is 0 Å². The van der Waals surface area contributed by atoms with E-state index in [1.807, 2.05) is 12.1 Å². The molecular formula is C30H17Cl. The van der Waals surface area contributed by atoms with E-state index in [2.05, 4.69) is 91.0 Å². The third kappa shape index (κ3) is 2.31. The Labute approximate surface area is 186 Å². The third-order valence-corrected chi connectivity index (χ3v) is 6.91. The first-order chi connectivity index (χ1) is 15.3. The van der Waals surface area contributed by atoms with E-state index in [4.69, 9.17) is 11.6 Å². The molecule has 5 aromatic rings. The average molecular weight is 413 g/mol. The Bertz CT molecular complexity index is 1500. The molecule has 0 aromatic heterocycles. The Hall–Kier alpha value is -3.61. The van der Waals surface area contributed by atoms with Gasteiger partial charge >= 0.3 is 0 Å². The maximum absolute atomic E-state index is 6.14. The Kier molecular flexibility index (Phi) is 3.42. The molecule has 0 heterocycles. The van der Waals surface area contributed by atoms with Gasteiger partial charge in [-0.25, -0.2) is 0 Å². The summed E-state index contributed by atoms with van der Waals surface area (Å²) in [5.41, 5.74) is 15.6. The van der Waals surface area contributed by atoms with Gasteiger partial charge in [-0.15, -0.1) is 0 Å². The van der Waals surface area contributed by atoms with Crippen LogP contribution in [-0.4, -0.2) is 0 Å². The van der Waals surface area contributed by atoms with Crippen molar-refractivity contribution in [2.24, 2.45) is 0 Å². The summed E-state index contributed by atoms with van der Waals surface area (Å²) in [6.07, 6.45) is 0. The first kappa shape index (κ1) is 17.1. The number of hydrogen-bond acceptors (Lipinski definition) is 0. The van der Waals surface area contributed by atoms with Crippen LogP contribution in [0, 0.1) is 0 Å². The second-order valence-electron chi connectivity index (χ2n) is 8.27. The minimum Gasteiger partial charge on any atom is -0.0843 e. The Morgan fingerprint density at radius 1 is 0.355 bits per heavy atom. The molecule has 6 bridgehead atoms. The van der Waals surface area contributed by atoms with Crippen molar-refractivity contribution < 1.29 is 0 Å². The molecule has 5 aromatic carbocycles. The van der Waals surface area contributed by atoms with Crippen molar-refractivity contribution in [3.05, 3.63) is 108 Å². The number of fused-ring (bicyclic) bond motifs is 4.